The van der Waals surface area contributed by atoms with Crippen LogP contribution in [0.15, 0.2) is 21.4 Å². The smallest absolute Gasteiger partial charge is 0.330 e. The molecule has 0 spiro atoms. The second kappa shape index (κ2) is 9.57. The van der Waals surface area contributed by atoms with Gasteiger partial charge in [0.05, 0.1) is 31.5 Å². The van der Waals surface area contributed by atoms with Gasteiger partial charge in [0.25, 0.3) is 5.56 Å². The number of allylic oxidation sites excluding steroid dienone is 1. The molecule has 9 nitrogen and oxygen atoms in total. The Labute approximate surface area is 174 Å². The molecule has 0 amide bonds. The van der Waals surface area contributed by atoms with E-state index in [1.807, 2.05) is 0 Å². The molecule has 3 aliphatic rings. The Bertz CT molecular complexity index is 877. The van der Waals surface area contributed by atoms with Crippen LogP contribution in [-0.2, 0) is 9.47 Å². The van der Waals surface area contributed by atoms with E-state index >= 15 is 0 Å². The fourth-order valence-electron chi connectivity index (χ4n) is 4.62. The molecule has 166 valence electrons. The number of morpholine rings is 1. The molecule has 1 aromatic rings. The molecule has 0 radical (unpaired) electrons. The van der Waals surface area contributed by atoms with E-state index in [9.17, 15) is 19.8 Å². The molecule has 0 unspecified atom stereocenters. The number of nitrogens with zero attached hydrogens (tertiary/aromatic N) is 2. The monoisotopic (exact) mass is 421 g/mol. The minimum atomic E-state index is -0.855. The number of H-pyrrole nitrogens is 1. The summed E-state index contributed by atoms with van der Waals surface area (Å²) in [5, 5.41) is 19.4. The number of aliphatic hydroxyl groups is 2. The molecular formula is C21H31N3O6. The third kappa shape index (κ3) is 4.60. The Morgan fingerprint density at radius 3 is 2.57 bits per heavy atom. The largest absolute Gasteiger partial charge is 0.394 e. The van der Waals surface area contributed by atoms with Crippen LogP contribution in [0.4, 0.5) is 0 Å². The first-order valence-electron chi connectivity index (χ1n) is 10.9. The van der Waals surface area contributed by atoms with Gasteiger partial charge in [-0.1, -0.05) is 12.0 Å². The van der Waals surface area contributed by atoms with E-state index in [-0.39, 0.29) is 13.0 Å². The second-order valence-electron chi connectivity index (χ2n) is 8.36. The summed E-state index contributed by atoms with van der Waals surface area (Å²) in [7, 11) is 0. The maximum Gasteiger partial charge on any atom is 0.330 e. The molecule has 2 saturated heterocycles. The highest BCUT2D eigenvalue weighted by atomic mass is 16.5. The maximum absolute atomic E-state index is 12.8. The van der Waals surface area contributed by atoms with Gasteiger partial charge in [-0.05, 0) is 31.3 Å². The minimum absolute atomic E-state index is 0.186. The third-order valence-electron chi connectivity index (χ3n) is 6.36. The van der Waals surface area contributed by atoms with Crippen LogP contribution >= 0.6 is 0 Å². The first kappa shape index (κ1) is 21.5. The van der Waals surface area contributed by atoms with Gasteiger partial charge in [-0.25, -0.2) is 4.79 Å². The van der Waals surface area contributed by atoms with E-state index in [2.05, 4.69) is 9.88 Å². The van der Waals surface area contributed by atoms with Gasteiger partial charge in [-0.15, -0.1) is 0 Å². The number of aromatic amines is 1. The maximum atomic E-state index is 12.8. The highest BCUT2D eigenvalue weighted by molar-refractivity contribution is 5.69. The molecule has 0 bridgehead atoms. The normalized spacial score (nSPS) is 28.1. The van der Waals surface area contributed by atoms with E-state index in [1.54, 1.807) is 6.20 Å². The lowest BCUT2D eigenvalue weighted by Crippen LogP contribution is -2.39. The number of rotatable bonds is 5. The highest BCUT2D eigenvalue weighted by Gasteiger charge is 2.35. The van der Waals surface area contributed by atoms with Gasteiger partial charge < -0.3 is 19.7 Å². The van der Waals surface area contributed by atoms with Crippen molar-refractivity contribution < 1.29 is 19.7 Å². The molecule has 1 aliphatic carbocycles. The van der Waals surface area contributed by atoms with Crippen LogP contribution in [0.5, 0.6) is 0 Å². The van der Waals surface area contributed by atoms with Crippen LogP contribution in [0.1, 0.15) is 50.3 Å². The summed E-state index contributed by atoms with van der Waals surface area (Å²) in [5.41, 5.74) is 1.80. The van der Waals surface area contributed by atoms with Gasteiger partial charge in [-0.3, -0.25) is 19.2 Å². The summed E-state index contributed by atoms with van der Waals surface area (Å²) in [5.74, 6) is 0. The van der Waals surface area contributed by atoms with E-state index in [4.69, 9.17) is 9.47 Å². The molecule has 3 N–H and O–H groups in total. The Morgan fingerprint density at radius 2 is 1.90 bits per heavy atom. The van der Waals surface area contributed by atoms with Gasteiger partial charge in [0.15, 0.2) is 0 Å². The highest BCUT2D eigenvalue weighted by Crippen LogP contribution is 2.31. The quantitative estimate of drug-likeness (QED) is 0.623. The van der Waals surface area contributed by atoms with Crippen molar-refractivity contribution in [2.45, 2.75) is 57.0 Å². The number of ether oxygens (including phenoxy) is 2. The summed E-state index contributed by atoms with van der Waals surface area (Å²) >= 11 is 0. The lowest BCUT2D eigenvalue weighted by Gasteiger charge is -2.29. The summed E-state index contributed by atoms with van der Waals surface area (Å²) in [6.07, 6.45) is 4.79. The minimum Gasteiger partial charge on any atom is -0.394 e. The summed E-state index contributed by atoms with van der Waals surface area (Å²) in [6, 6.07) is 0. The van der Waals surface area contributed by atoms with Gasteiger partial charge in [0.1, 0.15) is 12.3 Å². The molecular weight excluding hydrogens is 390 g/mol. The third-order valence-corrected chi connectivity index (χ3v) is 6.36. The van der Waals surface area contributed by atoms with Gasteiger partial charge in [0, 0.05) is 32.3 Å². The van der Waals surface area contributed by atoms with Crippen LogP contribution in [-0.4, -0.2) is 76.3 Å². The summed E-state index contributed by atoms with van der Waals surface area (Å²) in [6.45, 7) is 3.29. The van der Waals surface area contributed by atoms with E-state index in [1.165, 1.54) is 16.6 Å². The Morgan fingerprint density at radius 1 is 1.17 bits per heavy atom. The average Bonchev–Trinajstić information content (AvgIpc) is 3.14. The van der Waals surface area contributed by atoms with Crippen LogP contribution in [0.25, 0.3) is 5.57 Å². The van der Waals surface area contributed by atoms with Crippen molar-refractivity contribution in [3.05, 3.63) is 38.2 Å². The molecule has 30 heavy (non-hydrogen) atoms. The van der Waals surface area contributed by atoms with Crippen molar-refractivity contribution in [2.75, 3.05) is 39.5 Å². The number of hydrogen-bond acceptors (Lipinski definition) is 7. The van der Waals surface area contributed by atoms with Crippen molar-refractivity contribution in [2.24, 2.45) is 0 Å². The Hall–Kier alpha value is -1.78. The van der Waals surface area contributed by atoms with Crippen LogP contribution in [0, 0.1) is 0 Å². The molecule has 0 aromatic carbocycles. The fraction of sp³-hybridized carbons (Fsp3) is 0.714. The predicted octanol–water partition coefficient (Wildman–Crippen LogP) is 0.227. The van der Waals surface area contributed by atoms with Crippen molar-refractivity contribution in [1.29, 1.82) is 0 Å². The predicted molar refractivity (Wildman–Crippen MR) is 110 cm³/mol. The first-order valence-corrected chi connectivity index (χ1v) is 10.9. The fourth-order valence-corrected chi connectivity index (χ4v) is 4.62. The summed E-state index contributed by atoms with van der Waals surface area (Å²) in [4.78, 5) is 30.1. The molecule has 3 fully saturated rings. The lowest BCUT2D eigenvalue weighted by molar-refractivity contribution is -0.0459. The molecule has 3 heterocycles. The molecule has 9 heteroatoms. The van der Waals surface area contributed by atoms with Crippen LogP contribution in [0.2, 0.25) is 0 Å². The van der Waals surface area contributed by atoms with Crippen LogP contribution < -0.4 is 11.2 Å². The summed E-state index contributed by atoms with van der Waals surface area (Å²) < 4.78 is 12.5. The van der Waals surface area contributed by atoms with Crippen LogP contribution in [0.3, 0.4) is 0 Å². The zero-order valence-electron chi connectivity index (χ0n) is 17.2. The standard InChI is InChI=1S/C21H31N3O6/c25-13-18-17(26)10-19(30-18)24-12-16(20(27)22-21(24)28)15(14-4-2-1-3-5-14)11-23-6-8-29-9-7-23/h12,17-19,25-26H,1-11,13H2,(H,22,27,28)/t17-,18+,19+/m0/s1. The zero-order chi connectivity index (χ0) is 21.1. The SMILES string of the molecule is O=c1[nH]c(=O)n([C@H]2C[C@H](O)[C@@H](CO)O2)cc1C(CN1CCOCC1)=C1CCCCC1. The van der Waals surface area contributed by atoms with Crippen molar-refractivity contribution in [3.63, 3.8) is 0 Å². The number of nitrogens with one attached hydrogen (secondary N) is 1. The molecule has 4 rings (SSSR count). The zero-order valence-corrected chi connectivity index (χ0v) is 17.2. The van der Waals surface area contributed by atoms with E-state index < -0.39 is 29.7 Å². The molecule has 1 aromatic heterocycles. The van der Waals surface area contributed by atoms with E-state index in [0.29, 0.717) is 25.3 Å². The van der Waals surface area contributed by atoms with Gasteiger partial charge >= 0.3 is 5.69 Å². The second-order valence-corrected chi connectivity index (χ2v) is 8.36. The average molecular weight is 421 g/mol. The molecule has 3 atom stereocenters. The Balaban J connectivity index is 1.71. The van der Waals surface area contributed by atoms with Crippen molar-refractivity contribution in [3.8, 4) is 0 Å². The number of hydrogen-bond donors (Lipinski definition) is 3. The van der Waals surface area contributed by atoms with Gasteiger partial charge in [0.2, 0.25) is 0 Å². The molecule has 1 saturated carbocycles. The Kier molecular flexibility index (Phi) is 6.84. The van der Waals surface area contributed by atoms with E-state index in [0.717, 1.165) is 44.3 Å². The number of aromatic nitrogens is 2. The van der Waals surface area contributed by atoms with Crippen molar-refractivity contribution >= 4 is 5.57 Å². The van der Waals surface area contributed by atoms with Gasteiger partial charge in [-0.2, -0.15) is 0 Å². The molecule has 2 aliphatic heterocycles. The lowest BCUT2D eigenvalue weighted by atomic mass is 9.88. The first-order chi connectivity index (χ1) is 14.6. The topological polar surface area (TPSA) is 117 Å². The van der Waals surface area contributed by atoms with Crippen molar-refractivity contribution in [1.82, 2.24) is 14.5 Å². The number of aliphatic hydroxyl groups excluding tert-OH is 2.